The fourth-order valence-electron chi connectivity index (χ4n) is 1.61. The first-order valence-corrected chi connectivity index (χ1v) is 5.43. The number of nitrogens with zero attached hydrogens (tertiary/aromatic N) is 2. The van der Waals surface area contributed by atoms with E-state index < -0.39 is 0 Å². The SMILES string of the molecule is COc1cccc(CCC(=O)n2ccnc2)c1. The van der Waals surface area contributed by atoms with Crippen LogP contribution in [0.2, 0.25) is 0 Å². The lowest BCUT2D eigenvalue weighted by molar-refractivity contribution is 0.0903. The standard InChI is InChI=1S/C13H14N2O2/c1-17-12-4-2-3-11(9-12)5-6-13(16)15-8-7-14-10-15/h2-4,7-10H,5-6H2,1H3. The second kappa shape index (κ2) is 5.30. The van der Waals surface area contributed by atoms with Crippen molar-refractivity contribution in [2.24, 2.45) is 0 Å². The fourth-order valence-corrected chi connectivity index (χ4v) is 1.61. The molecule has 1 heterocycles. The van der Waals surface area contributed by atoms with Gasteiger partial charge in [-0.2, -0.15) is 0 Å². The summed E-state index contributed by atoms with van der Waals surface area (Å²) in [5, 5.41) is 0. The highest BCUT2D eigenvalue weighted by Gasteiger charge is 2.04. The Balaban J connectivity index is 1.95. The van der Waals surface area contributed by atoms with Gasteiger partial charge in [-0.05, 0) is 24.1 Å². The first-order valence-electron chi connectivity index (χ1n) is 5.43. The van der Waals surface area contributed by atoms with Gasteiger partial charge in [0.2, 0.25) is 5.91 Å². The zero-order valence-electron chi connectivity index (χ0n) is 9.67. The second-order valence-corrected chi connectivity index (χ2v) is 3.72. The normalized spacial score (nSPS) is 10.2. The van der Waals surface area contributed by atoms with Crippen LogP contribution in [0.4, 0.5) is 0 Å². The van der Waals surface area contributed by atoms with E-state index >= 15 is 0 Å². The molecule has 1 aromatic carbocycles. The van der Waals surface area contributed by atoms with Crippen molar-refractivity contribution in [1.29, 1.82) is 0 Å². The van der Waals surface area contributed by atoms with Crippen molar-refractivity contribution in [3.63, 3.8) is 0 Å². The molecule has 0 aliphatic carbocycles. The Labute approximate surface area is 99.9 Å². The summed E-state index contributed by atoms with van der Waals surface area (Å²) in [7, 11) is 1.63. The highest BCUT2D eigenvalue weighted by Crippen LogP contribution is 2.14. The Morgan fingerprint density at radius 3 is 3.06 bits per heavy atom. The molecular formula is C13H14N2O2. The highest BCUT2D eigenvalue weighted by atomic mass is 16.5. The maximum Gasteiger partial charge on any atom is 0.232 e. The molecule has 0 radical (unpaired) electrons. The molecule has 0 unspecified atom stereocenters. The van der Waals surface area contributed by atoms with Crippen molar-refractivity contribution in [3.8, 4) is 5.75 Å². The number of rotatable bonds is 4. The van der Waals surface area contributed by atoms with Gasteiger partial charge in [-0.3, -0.25) is 9.36 Å². The van der Waals surface area contributed by atoms with Gasteiger partial charge in [0.15, 0.2) is 0 Å². The number of hydrogen-bond donors (Lipinski definition) is 0. The molecule has 0 N–H and O–H groups in total. The van der Waals surface area contributed by atoms with Gasteiger partial charge in [0.1, 0.15) is 12.1 Å². The fraction of sp³-hybridized carbons (Fsp3) is 0.231. The predicted octanol–water partition coefficient (Wildman–Crippen LogP) is 2.16. The van der Waals surface area contributed by atoms with Gasteiger partial charge >= 0.3 is 0 Å². The van der Waals surface area contributed by atoms with Gasteiger partial charge in [-0.1, -0.05) is 12.1 Å². The number of aryl methyl sites for hydroxylation is 1. The molecule has 0 atom stereocenters. The van der Waals surface area contributed by atoms with Crippen molar-refractivity contribution in [2.75, 3.05) is 7.11 Å². The average molecular weight is 230 g/mol. The Bertz CT molecular complexity index is 492. The summed E-state index contributed by atoms with van der Waals surface area (Å²) in [6.45, 7) is 0. The van der Waals surface area contributed by atoms with E-state index in [0.717, 1.165) is 11.3 Å². The summed E-state index contributed by atoms with van der Waals surface area (Å²) >= 11 is 0. The molecule has 0 aliphatic heterocycles. The monoisotopic (exact) mass is 230 g/mol. The maximum absolute atomic E-state index is 11.7. The van der Waals surface area contributed by atoms with E-state index in [9.17, 15) is 4.79 Å². The summed E-state index contributed by atoms with van der Waals surface area (Å²) in [6.07, 6.45) is 5.95. The lowest BCUT2D eigenvalue weighted by Crippen LogP contribution is -2.09. The van der Waals surface area contributed by atoms with Gasteiger partial charge in [0.05, 0.1) is 7.11 Å². The molecule has 2 aromatic rings. The molecule has 2 rings (SSSR count). The van der Waals surface area contributed by atoms with Crippen LogP contribution in [0.5, 0.6) is 5.75 Å². The molecular weight excluding hydrogens is 216 g/mol. The van der Waals surface area contributed by atoms with Crippen molar-refractivity contribution >= 4 is 5.91 Å². The summed E-state index contributed by atoms with van der Waals surface area (Å²) in [6, 6.07) is 7.75. The van der Waals surface area contributed by atoms with E-state index in [0.29, 0.717) is 12.8 Å². The van der Waals surface area contributed by atoms with Crippen LogP contribution in [0.15, 0.2) is 43.0 Å². The molecule has 0 saturated heterocycles. The van der Waals surface area contributed by atoms with Crippen LogP contribution in [0.25, 0.3) is 0 Å². The summed E-state index contributed by atoms with van der Waals surface area (Å²) in [5.41, 5.74) is 1.10. The third kappa shape index (κ3) is 2.93. The number of imidazole rings is 1. The van der Waals surface area contributed by atoms with Crippen LogP contribution in [0.3, 0.4) is 0 Å². The van der Waals surface area contributed by atoms with Crippen molar-refractivity contribution in [1.82, 2.24) is 9.55 Å². The number of benzene rings is 1. The predicted molar refractivity (Wildman–Crippen MR) is 64.2 cm³/mol. The van der Waals surface area contributed by atoms with E-state index in [4.69, 9.17) is 4.74 Å². The Morgan fingerprint density at radius 2 is 2.35 bits per heavy atom. The number of hydrogen-bond acceptors (Lipinski definition) is 3. The van der Waals surface area contributed by atoms with E-state index in [1.165, 1.54) is 10.9 Å². The average Bonchev–Trinajstić information content (AvgIpc) is 2.90. The van der Waals surface area contributed by atoms with Gasteiger partial charge < -0.3 is 4.74 Å². The molecule has 0 saturated carbocycles. The van der Waals surface area contributed by atoms with Crippen LogP contribution < -0.4 is 4.74 Å². The maximum atomic E-state index is 11.7. The second-order valence-electron chi connectivity index (χ2n) is 3.72. The molecule has 0 aliphatic rings. The summed E-state index contributed by atoms with van der Waals surface area (Å²) < 4.78 is 6.63. The zero-order valence-corrected chi connectivity index (χ0v) is 9.67. The number of carbonyl (C=O) groups is 1. The number of carbonyl (C=O) groups excluding carboxylic acids is 1. The van der Waals surface area contributed by atoms with Crippen molar-refractivity contribution in [3.05, 3.63) is 48.5 Å². The Kier molecular flexibility index (Phi) is 3.55. The van der Waals surface area contributed by atoms with Crippen LogP contribution in [-0.2, 0) is 6.42 Å². The van der Waals surface area contributed by atoms with Crippen LogP contribution in [0.1, 0.15) is 16.8 Å². The third-order valence-electron chi connectivity index (χ3n) is 2.55. The topological polar surface area (TPSA) is 44.1 Å². The summed E-state index contributed by atoms with van der Waals surface area (Å²) in [4.78, 5) is 15.6. The first kappa shape index (κ1) is 11.4. The molecule has 1 aromatic heterocycles. The molecule has 88 valence electrons. The largest absolute Gasteiger partial charge is 0.497 e. The van der Waals surface area contributed by atoms with E-state index in [-0.39, 0.29) is 5.91 Å². The lowest BCUT2D eigenvalue weighted by Gasteiger charge is -2.04. The zero-order chi connectivity index (χ0) is 12.1. The molecule has 0 amide bonds. The lowest BCUT2D eigenvalue weighted by atomic mass is 10.1. The smallest absolute Gasteiger partial charge is 0.232 e. The Morgan fingerprint density at radius 1 is 1.47 bits per heavy atom. The van der Waals surface area contributed by atoms with Crippen molar-refractivity contribution < 1.29 is 9.53 Å². The number of methoxy groups -OCH3 is 1. The molecule has 4 nitrogen and oxygen atoms in total. The minimum absolute atomic E-state index is 0.0466. The first-order chi connectivity index (χ1) is 8.29. The molecule has 4 heteroatoms. The van der Waals surface area contributed by atoms with Gasteiger partial charge in [0, 0.05) is 18.8 Å². The molecule has 0 spiro atoms. The van der Waals surface area contributed by atoms with Gasteiger partial charge in [-0.25, -0.2) is 4.98 Å². The minimum atomic E-state index is 0.0466. The Hall–Kier alpha value is -2.10. The highest BCUT2D eigenvalue weighted by molar-refractivity contribution is 5.78. The van der Waals surface area contributed by atoms with E-state index in [2.05, 4.69) is 4.98 Å². The number of ether oxygens (including phenoxy) is 1. The van der Waals surface area contributed by atoms with Crippen LogP contribution >= 0.6 is 0 Å². The third-order valence-corrected chi connectivity index (χ3v) is 2.55. The van der Waals surface area contributed by atoms with Crippen LogP contribution in [0, 0.1) is 0 Å². The molecule has 17 heavy (non-hydrogen) atoms. The van der Waals surface area contributed by atoms with Crippen LogP contribution in [-0.4, -0.2) is 22.6 Å². The number of aromatic nitrogens is 2. The van der Waals surface area contributed by atoms with E-state index in [1.807, 2.05) is 24.3 Å². The van der Waals surface area contributed by atoms with E-state index in [1.54, 1.807) is 19.5 Å². The molecule has 0 bridgehead atoms. The minimum Gasteiger partial charge on any atom is -0.497 e. The molecule has 0 fully saturated rings. The summed E-state index contributed by atoms with van der Waals surface area (Å²) in [5.74, 6) is 0.864. The van der Waals surface area contributed by atoms with Gasteiger partial charge in [0.25, 0.3) is 0 Å². The van der Waals surface area contributed by atoms with Crippen molar-refractivity contribution in [2.45, 2.75) is 12.8 Å². The quantitative estimate of drug-likeness (QED) is 0.808. The van der Waals surface area contributed by atoms with Gasteiger partial charge in [-0.15, -0.1) is 0 Å².